The zero-order valence-corrected chi connectivity index (χ0v) is 15.1. The Labute approximate surface area is 147 Å². The summed E-state index contributed by atoms with van der Waals surface area (Å²) >= 11 is 1.46. The number of aromatic nitrogens is 2. The molecule has 0 aliphatic carbocycles. The first kappa shape index (κ1) is 16.9. The van der Waals surface area contributed by atoms with Crippen LogP contribution in [0, 0.1) is 18.3 Å². The zero-order chi connectivity index (χ0) is 16.9. The maximum Gasteiger partial charge on any atom is 0.130 e. The second-order valence-corrected chi connectivity index (χ2v) is 7.12. The number of pyridine rings is 1. The van der Waals surface area contributed by atoms with E-state index in [9.17, 15) is 5.26 Å². The monoisotopic (exact) mass is 341 g/mol. The quantitative estimate of drug-likeness (QED) is 0.855. The van der Waals surface area contributed by atoms with Gasteiger partial charge in [0.15, 0.2) is 0 Å². The fourth-order valence-corrected chi connectivity index (χ4v) is 4.20. The molecule has 1 saturated heterocycles. The summed E-state index contributed by atoms with van der Waals surface area (Å²) in [7, 11) is 2.19. The summed E-state index contributed by atoms with van der Waals surface area (Å²) < 4.78 is 4.36. The Morgan fingerprint density at radius 2 is 2.25 bits per heavy atom. The molecule has 1 atom stereocenters. The molecule has 0 N–H and O–H groups in total. The van der Waals surface area contributed by atoms with Crippen molar-refractivity contribution in [2.75, 3.05) is 25.0 Å². The standard InChI is InChI=1S/C18H23N5S/c1-14-17(12-19)18(24-21-14)23-10-5-7-16(8-11-23)22(2)13-15-6-3-4-9-20-15/h3-4,6,9,16H,5,7-8,10-11,13H2,1-2H3/t16-/m0/s1. The van der Waals surface area contributed by atoms with Gasteiger partial charge in [-0.3, -0.25) is 9.88 Å². The lowest BCUT2D eigenvalue weighted by Crippen LogP contribution is -2.32. The van der Waals surface area contributed by atoms with Gasteiger partial charge in [-0.1, -0.05) is 6.07 Å². The Bertz CT molecular complexity index is 706. The number of nitrogens with zero attached hydrogens (tertiary/aromatic N) is 5. The summed E-state index contributed by atoms with van der Waals surface area (Å²) in [6, 6.07) is 8.95. The van der Waals surface area contributed by atoms with E-state index in [1.54, 1.807) is 0 Å². The van der Waals surface area contributed by atoms with Gasteiger partial charge in [0, 0.05) is 31.9 Å². The van der Waals surface area contributed by atoms with Crippen LogP contribution >= 0.6 is 11.5 Å². The number of hydrogen-bond donors (Lipinski definition) is 0. The van der Waals surface area contributed by atoms with Crippen molar-refractivity contribution in [3.8, 4) is 6.07 Å². The lowest BCUT2D eigenvalue weighted by atomic mass is 10.1. The molecule has 1 aliphatic rings. The van der Waals surface area contributed by atoms with Gasteiger partial charge in [0.25, 0.3) is 0 Å². The van der Waals surface area contributed by atoms with Crippen molar-refractivity contribution in [1.82, 2.24) is 14.3 Å². The van der Waals surface area contributed by atoms with Gasteiger partial charge in [0.2, 0.25) is 0 Å². The molecule has 24 heavy (non-hydrogen) atoms. The van der Waals surface area contributed by atoms with Crippen molar-refractivity contribution >= 4 is 16.5 Å². The Morgan fingerprint density at radius 3 is 3.00 bits per heavy atom. The third kappa shape index (κ3) is 3.74. The Kier molecular flexibility index (Phi) is 5.44. The molecule has 0 saturated carbocycles. The smallest absolute Gasteiger partial charge is 0.130 e. The molecule has 1 aliphatic heterocycles. The van der Waals surface area contributed by atoms with Crippen LogP contribution in [0.25, 0.3) is 0 Å². The Balaban J connectivity index is 1.63. The van der Waals surface area contributed by atoms with Crippen molar-refractivity contribution < 1.29 is 0 Å². The number of rotatable bonds is 4. The van der Waals surface area contributed by atoms with E-state index in [0.29, 0.717) is 6.04 Å². The van der Waals surface area contributed by atoms with Gasteiger partial charge in [0.1, 0.15) is 16.6 Å². The first-order valence-electron chi connectivity index (χ1n) is 8.40. The summed E-state index contributed by atoms with van der Waals surface area (Å²) in [6.07, 6.45) is 5.28. The molecule has 5 nitrogen and oxygen atoms in total. The molecular formula is C18H23N5S. The van der Waals surface area contributed by atoms with Crippen molar-refractivity contribution in [3.05, 3.63) is 41.3 Å². The van der Waals surface area contributed by atoms with Crippen LogP contribution < -0.4 is 4.90 Å². The summed E-state index contributed by atoms with van der Waals surface area (Å²) in [6.45, 7) is 4.78. The van der Waals surface area contributed by atoms with Crippen LogP contribution in [-0.2, 0) is 6.54 Å². The van der Waals surface area contributed by atoms with Crippen LogP contribution in [0.15, 0.2) is 24.4 Å². The maximum atomic E-state index is 9.37. The molecule has 3 heterocycles. The van der Waals surface area contributed by atoms with E-state index in [2.05, 4.69) is 38.3 Å². The van der Waals surface area contributed by atoms with E-state index in [-0.39, 0.29) is 0 Å². The van der Waals surface area contributed by atoms with Gasteiger partial charge in [-0.25, -0.2) is 0 Å². The Morgan fingerprint density at radius 1 is 1.38 bits per heavy atom. The number of aryl methyl sites for hydroxylation is 1. The Hall–Kier alpha value is -1.97. The first-order valence-corrected chi connectivity index (χ1v) is 9.18. The molecule has 6 heteroatoms. The molecule has 0 aromatic carbocycles. The maximum absolute atomic E-state index is 9.37. The minimum absolute atomic E-state index is 0.552. The van der Waals surface area contributed by atoms with E-state index in [1.807, 2.05) is 25.3 Å². The average molecular weight is 341 g/mol. The highest BCUT2D eigenvalue weighted by molar-refractivity contribution is 7.10. The van der Waals surface area contributed by atoms with Crippen molar-refractivity contribution in [2.24, 2.45) is 0 Å². The minimum Gasteiger partial charge on any atom is -0.361 e. The van der Waals surface area contributed by atoms with E-state index in [0.717, 1.165) is 54.4 Å². The minimum atomic E-state index is 0.552. The van der Waals surface area contributed by atoms with Crippen LogP contribution in [0.4, 0.5) is 5.00 Å². The number of nitriles is 1. The fourth-order valence-electron chi connectivity index (χ4n) is 3.30. The van der Waals surface area contributed by atoms with Gasteiger partial charge in [-0.05, 0) is 56.9 Å². The van der Waals surface area contributed by atoms with Crippen LogP contribution in [0.2, 0.25) is 0 Å². The molecular weight excluding hydrogens is 318 g/mol. The zero-order valence-electron chi connectivity index (χ0n) is 14.3. The number of hydrogen-bond acceptors (Lipinski definition) is 6. The highest BCUT2D eigenvalue weighted by Gasteiger charge is 2.24. The average Bonchev–Trinajstić information content (AvgIpc) is 2.81. The summed E-state index contributed by atoms with van der Waals surface area (Å²) in [5, 5.41) is 10.4. The molecule has 1 fully saturated rings. The van der Waals surface area contributed by atoms with Crippen LogP contribution in [0.1, 0.15) is 36.2 Å². The van der Waals surface area contributed by atoms with Crippen LogP contribution in [-0.4, -0.2) is 40.4 Å². The van der Waals surface area contributed by atoms with Crippen LogP contribution in [0.3, 0.4) is 0 Å². The van der Waals surface area contributed by atoms with Gasteiger partial charge in [-0.2, -0.15) is 9.64 Å². The molecule has 0 radical (unpaired) electrons. The molecule has 0 bridgehead atoms. The molecule has 0 amide bonds. The fraction of sp³-hybridized carbons (Fsp3) is 0.500. The normalized spacial score (nSPS) is 18.4. The highest BCUT2D eigenvalue weighted by atomic mass is 32.1. The summed E-state index contributed by atoms with van der Waals surface area (Å²) in [5.41, 5.74) is 2.72. The molecule has 2 aromatic heterocycles. The van der Waals surface area contributed by atoms with Gasteiger partial charge < -0.3 is 4.90 Å². The third-order valence-corrected chi connectivity index (χ3v) is 5.70. The molecule has 2 aromatic rings. The van der Waals surface area contributed by atoms with E-state index >= 15 is 0 Å². The van der Waals surface area contributed by atoms with Gasteiger partial charge in [0.05, 0.1) is 11.4 Å². The topological polar surface area (TPSA) is 56.1 Å². The van der Waals surface area contributed by atoms with E-state index in [4.69, 9.17) is 0 Å². The second kappa shape index (κ2) is 7.73. The SMILES string of the molecule is Cc1nsc(N2CCC[C@H](N(C)Cc3ccccn3)CC2)c1C#N. The molecule has 126 valence electrons. The second-order valence-electron chi connectivity index (χ2n) is 6.37. The lowest BCUT2D eigenvalue weighted by molar-refractivity contribution is 0.215. The predicted molar refractivity (Wildman–Crippen MR) is 97.1 cm³/mol. The van der Waals surface area contributed by atoms with Crippen molar-refractivity contribution in [2.45, 2.75) is 38.8 Å². The summed E-state index contributed by atoms with van der Waals surface area (Å²) in [5.74, 6) is 0. The molecule has 0 unspecified atom stereocenters. The third-order valence-electron chi connectivity index (χ3n) is 4.70. The highest BCUT2D eigenvalue weighted by Crippen LogP contribution is 2.30. The first-order chi connectivity index (χ1) is 11.7. The van der Waals surface area contributed by atoms with E-state index < -0.39 is 0 Å². The molecule has 3 rings (SSSR count). The van der Waals surface area contributed by atoms with E-state index in [1.165, 1.54) is 18.0 Å². The summed E-state index contributed by atoms with van der Waals surface area (Å²) in [4.78, 5) is 9.19. The van der Waals surface area contributed by atoms with Gasteiger partial charge >= 0.3 is 0 Å². The predicted octanol–water partition coefficient (Wildman–Crippen LogP) is 3.21. The van der Waals surface area contributed by atoms with Crippen molar-refractivity contribution in [3.63, 3.8) is 0 Å². The largest absolute Gasteiger partial charge is 0.361 e. The number of anilines is 1. The lowest BCUT2D eigenvalue weighted by Gasteiger charge is -2.27. The van der Waals surface area contributed by atoms with Crippen LogP contribution in [0.5, 0.6) is 0 Å². The van der Waals surface area contributed by atoms with Gasteiger partial charge in [-0.15, -0.1) is 0 Å². The molecule has 0 spiro atoms. The van der Waals surface area contributed by atoms with Crippen molar-refractivity contribution in [1.29, 1.82) is 5.26 Å².